The van der Waals surface area contributed by atoms with Crippen molar-refractivity contribution in [3.63, 3.8) is 0 Å². The molecule has 0 aromatic heterocycles. The minimum Gasteiger partial charge on any atom is -0.348 e. The molecular weight excluding hydrogens is 403 g/mol. The van der Waals surface area contributed by atoms with Crippen LogP contribution in [0.1, 0.15) is 31.2 Å². The zero-order valence-corrected chi connectivity index (χ0v) is 18.9. The molecule has 0 unspecified atom stereocenters. The average Bonchev–Trinajstić information content (AvgIpc) is 3.24. The lowest BCUT2D eigenvalue weighted by Gasteiger charge is -2.32. The van der Waals surface area contributed by atoms with Gasteiger partial charge in [0.2, 0.25) is 11.8 Å². The topological polar surface area (TPSA) is 40.6 Å². The highest BCUT2D eigenvalue weighted by atomic mass is 19.1. The Hall–Kier alpha value is -2.95. The maximum absolute atomic E-state index is 14.6. The summed E-state index contributed by atoms with van der Waals surface area (Å²) in [4.78, 5) is 30.1. The van der Waals surface area contributed by atoms with Crippen molar-refractivity contribution in [3.05, 3.63) is 72.1 Å². The number of rotatable bonds is 5. The van der Waals surface area contributed by atoms with Crippen molar-refractivity contribution in [2.75, 3.05) is 27.2 Å². The quantitative estimate of drug-likeness (QED) is 0.640. The van der Waals surface area contributed by atoms with Gasteiger partial charge in [0.15, 0.2) is 0 Å². The summed E-state index contributed by atoms with van der Waals surface area (Å²) in [6.45, 7) is 0.995. The van der Waals surface area contributed by atoms with Crippen molar-refractivity contribution in [1.82, 2.24) is 9.80 Å². The Labute approximate surface area is 189 Å². The molecule has 1 heterocycles. The molecule has 2 aromatic rings. The van der Waals surface area contributed by atoms with E-state index in [1.807, 2.05) is 35.2 Å². The van der Waals surface area contributed by atoms with E-state index in [0.717, 1.165) is 30.4 Å². The standard InChI is InChI=1S/C27H31FN2O2/c1-29(2)26(32)27(16-17-30(19-27)25(31)20-10-4-3-5-11-20)18-21-12-6-7-13-22(21)23-14-8-9-15-24(23)28/h3-4,6-9,12-15,20H,5,10-11,16-19H2,1-2H3/t20-,27+/m0/s1. The number of allylic oxidation sites excluding steroid dienone is 2. The molecule has 168 valence electrons. The number of carbonyl (C=O) groups excluding carboxylic acids is 2. The molecule has 1 fully saturated rings. The summed E-state index contributed by atoms with van der Waals surface area (Å²) in [5, 5.41) is 0. The molecule has 5 heteroatoms. The van der Waals surface area contributed by atoms with Gasteiger partial charge in [-0.1, -0.05) is 54.6 Å². The third-order valence-electron chi connectivity index (χ3n) is 6.85. The fraction of sp³-hybridized carbons (Fsp3) is 0.407. The van der Waals surface area contributed by atoms with E-state index >= 15 is 0 Å². The van der Waals surface area contributed by atoms with Crippen LogP contribution in [0.5, 0.6) is 0 Å². The number of carbonyl (C=O) groups is 2. The van der Waals surface area contributed by atoms with Crippen LogP contribution in [0, 0.1) is 17.2 Å². The molecule has 1 aliphatic carbocycles. The SMILES string of the molecule is CN(C)C(=O)[C@@]1(Cc2ccccc2-c2ccccc2F)CCN(C(=O)[C@H]2CC=CCC2)C1. The fourth-order valence-electron chi connectivity index (χ4n) is 5.19. The number of likely N-dealkylation sites (tertiary alicyclic amines) is 1. The lowest BCUT2D eigenvalue weighted by molar-refractivity contribution is -0.140. The third kappa shape index (κ3) is 4.34. The summed E-state index contributed by atoms with van der Waals surface area (Å²) >= 11 is 0. The van der Waals surface area contributed by atoms with Crippen molar-refractivity contribution in [2.45, 2.75) is 32.1 Å². The monoisotopic (exact) mass is 434 g/mol. The Kier molecular flexibility index (Phi) is 6.45. The van der Waals surface area contributed by atoms with Crippen LogP contribution in [0.4, 0.5) is 4.39 Å². The van der Waals surface area contributed by atoms with Gasteiger partial charge in [-0.05, 0) is 49.3 Å². The Morgan fingerprint density at radius 1 is 1.06 bits per heavy atom. The summed E-state index contributed by atoms with van der Waals surface area (Å²) in [6.07, 6.45) is 7.89. The Bertz CT molecular complexity index is 1030. The van der Waals surface area contributed by atoms with E-state index in [0.29, 0.717) is 31.5 Å². The van der Waals surface area contributed by atoms with E-state index in [-0.39, 0.29) is 23.5 Å². The number of halogens is 1. The molecule has 2 amide bonds. The molecule has 0 bridgehead atoms. The van der Waals surface area contributed by atoms with E-state index < -0.39 is 5.41 Å². The van der Waals surface area contributed by atoms with Gasteiger partial charge >= 0.3 is 0 Å². The molecule has 0 N–H and O–H groups in total. The van der Waals surface area contributed by atoms with Crippen molar-refractivity contribution in [3.8, 4) is 11.1 Å². The first-order chi connectivity index (χ1) is 15.4. The normalized spacial score (nSPS) is 22.7. The molecule has 4 nitrogen and oxygen atoms in total. The number of benzene rings is 2. The van der Waals surface area contributed by atoms with Gasteiger partial charge < -0.3 is 9.80 Å². The summed E-state index contributed by atoms with van der Waals surface area (Å²) in [5.41, 5.74) is 1.57. The van der Waals surface area contributed by atoms with E-state index in [4.69, 9.17) is 0 Å². The molecule has 2 aliphatic rings. The number of hydrogen-bond acceptors (Lipinski definition) is 2. The molecule has 0 spiro atoms. The summed E-state index contributed by atoms with van der Waals surface area (Å²) in [6, 6.07) is 14.4. The second-order valence-corrected chi connectivity index (χ2v) is 9.28. The van der Waals surface area contributed by atoms with Crippen molar-refractivity contribution in [1.29, 1.82) is 0 Å². The first-order valence-electron chi connectivity index (χ1n) is 11.4. The minimum atomic E-state index is -0.703. The molecule has 32 heavy (non-hydrogen) atoms. The lowest BCUT2D eigenvalue weighted by Crippen LogP contribution is -2.45. The minimum absolute atomic E-state index is 0.0101. The average molecular weight is 435 g/mol. The first-order valence-corrected chi connectivity index (χ1v) is 11.4. The number of amides is 2. The van der Waals surface area contributed by atoms with Crippen molar-refractivity contribution < 1.29 is 14.0 Å². The second-order valence-electron chi connectivity index (χ2n) is 9.28. The van der Waals surface area contributed by atoms with Crippen LogP contribution in [0.15, 0.2) is 60.7 Å². The van der Waals surface area contributed by atoms with Crippen LogP contribution in [0.2, 0.25) is 0 Å². The Morgan fingerprint density at radius 2 is 1.78 bits per heavy atom. The summed E-state index contributed by atoms with van der Waals surface area (Å²) in [5.74, 6) is -0.0812. The molecule has 2 atom stereocenters. The van der Waals surface area contributed by atoms with E-state index in [1.54, 1.807) is 31.1 Å². The maximum atomic E-state index is 14.6. The zero-order chi connectivity index (χ0) is 22.7. The Morgan fingerprint density at radius 3 is 2.47 bits per heavy atom. The largest absolute Gasteiger partial charge is 0.348 e. The van der Waals surface area contributed by atoms with Gasteiger partial charge in [-0.25, -0.2) is 4.39 Å². The predicted octanol–water partition coefficient (Wildman–Crippen LogP) is 4.70. The molecule has 0 radical (unpaired) electrons. The molecule has 1 saturated heterocycles. The van der Waals surface area contributed by atoms with Crippen LogP contribution < -0.4 is 0 Å². The van der Waals surface area contributed by atoms with Crippen LogP contribution in [-0.2, 0) is 16.0 Å². The predicted molar refractivity (Wildman–Crippen MR) is 124 cm³/mol. The van der Waals surface area contributed by atoms with Gasteiger partial charge in [0.05, 0.1) is 5.41 Å². The highest BCUT2D eigenvalue weighted by molar-refractivity contribution is 5.86. The zero-order valence-electron chi connectivity index (χ0n) is 18.9. The summed E-state index contributed by atoms with van der Waals surface area (Å²) in [7, 11) is 3.53. The highest BCUT2D eigenvalue weighted by Crippen LogP contribution is 2.40. The fourth-order valence-corrected chi connectivity index (χ4v) is 5.19. The molecule has 2 aromatic carbocycles. The van der Waals surface area contributed by atoms with Gasteiger partial charge in [-0.2, -0.15) is 0 Å². The molecule has 1 aliphatic heterocycles. The number of hydrogen-bond donors (Lipinski definition) is 0. The molecule has 0 saturated carbocycles. The van der Waals surface area contributed by atoms with Gasteiger partial charge in [0.25, 0.3) is 0 Å². The lowest BCUT2D eigenvalue weighted by atomic mass is 9.77. The van der Waals surface area contributed by atoms with Crippen LogP contribution in [0.25, 0.3) is 11.1 Å². The van der Waals surface area contributed by atoms with Gasteiger partial charge in [-0.3, -0.25) is 9.59 Å². The van der Waals surface area contributed by atoms with Crippen LogP contribution >= 0.6 is 0 Å². The van der Waals surface area contributed by atoms with Gasteiger partial charge in [-0.15, -0.1) is 0 Å². The van der Waals surface area contributed by atoms with Crippen LogP contribution in [0.3, 0.4) is 0 Å². The van der Waals surface area contributed by atoms with Crippen LogP contribution in [-0.4, -0.2) is 48.8 Å². The van der Waals surface area contributed by atoms with E-state index in [9.17, 15) is 14.0 Å². The van der Waals surface area contributed by atoms with Gasteiger partial charge in [0, 0.05) is 38.7 Å². The number of nitrogens with zero attached hydrogens (tertiary/aromatic N) is 2. The highest BCUT2D eigenvalue weighted by Gasteiger charge is 2.47. The van der Waals surface area contributed by atoms with E-state index in [2.05, 4.69) is 12.2 Å². The first kappa shape index (κ1) is 22.3. The Balaban J connectivity index is 1.65. The second kappa shape index (κ2) is 9.27. The summed E-state index contributed by atoms with van der Waals surface area (Å²) < 4.78 is 14.6. The van der Waals surface area contributed by atoms with E-state index in [1.165, 1.54) is 6.07 Å². The van der Waals surface area contributed by atoms with Crippen molar-refractivity contribution in [2.24, 2.45) is 11.3 Å². The van der Waals surface area contributed by atoms with Crippen molar-refractivity contribution >= 4 is 11.8 Å². The molecular formula is C27H31FN2O2. The van der Waals surface area contributed by atoms with Gasteiger partial charge in [0.1, 0.15) is 5.82 Å². The maximum Gasteiger partial charge on any atom is 0.230 e. The third-order valence-corrected chi connectivity index (χ3v) is 6.85. The molecule has 4 rings (SSSR count). The smallest absolute Gasteiger partial charge is 0.230 e.